The minimum atomic E-state index is -0.0585. The van der Waals surface area contributed by atoms with Crippen LogP contribution in [-0.2, 0) is 11.8 Å². The fourth-order valence-electron chi connectivity index (χ4n) is 2.03. The highest BCUT2D eigenvalue weighted by molar-refractivity contribution is 7.99. The van der Waals surface area contributed by atoms with Crippen LogP contribution >= 0.6 is 34.7 Å². The Labute approximate surface area is 153 Å². The standard InChI is InChI=1S/C16H15ClN4OS2/c1-21-8-7-18-16(21)23-9-6-14(22)20-15-19-13(10-24-15)11-4-2-3-5-12(11)17/h2-5,7-8,10H,6,9H2,1H3,(H,19,20,22). The highest BCUT2D eigenvalue weighted by Gasteiger charge is 2.10. The number of hydrogen-bond acceptors (Lipinski definition) is 5. The first-order chi connectivity index (χ1) is 11.6. The largest absolute Gasteiger partial charge is 0.329 e. The number of anilines is 1. The van der Waals surface area contributed by atoms with Gasteiger partial charge in [0, 0.05) is 47.6 Å². The minimum Gasteiger partial charge on any atom is -0.329 e. The normalized spacial score (nSPS) is 10.8. The lowest BCUT2D eigenvalue weighted by Crippen LogP contribution is -2.12. The van der Waals surface area contributed by atoms with E-state index in [1.54, 1.807) is 18.0 Å². The van der Waals surface area contributed by atoms with Crippen molar-refractivity contribution in [3.05, 3.63) is 47.1 Å². The second-order valence-corrected chi connectivity index (χ2v) is 7.31. The molecule has 0 saturated heterocycles. The summed E-state index contributed by atoms with van der Waals surface area (Å²) in [6.07, 6.45) is 4.03. The maximum Gasteiger partial charge on any atom is 0.226 e. The van der Waals surface area contributed by atoms with E-state index in [-0.39, 0.29) is 5.91 Å². The van der Waals surface area contributed by atoms with Gasteiger partial charge in [0.1, 0.15) is 0 Å². The van der Waals surface area contributed by atoms with Crippen LogP contribution in [0.25, 0.3) is 11.3 Å². The zero-order valence-corrected chi connectivity index (χ0v) is 15.3. The van der Waals surface area contributed by atoms with Crippen LogP contribution < -0.4 is 5.32 Å². The van der Waals surface area contributed by atoms with Gasteiger partial charge in [-0.15, -0.1) is 11.3 Å². The summed E-state index contributed by atoms with van der Waals surface area (Å²) >= 11 is 9.11. The lowest BCUT2D eigenvalue weighted by molar-refractivity contribution is -0.115. The zero-order chi connectivity index (χ0) is 16.9. The second-order valence-electron chi connectivity index (χ2n) is 4.99. The summed E-state index contributed by atoms with van der Waals surface area (Å²) < 4.78 is 1.93. The lowest BCUT2D eigenvalue weighted by Gasteiger charge is -2.02. The van der Waals surface area contributed by atoms with E-state index < -0.39 is 0 Å². The van der Waals surface area contributed by atoms with E-state index in [9.17, 15) is 4.79 Å². The van der Waals surface area contributed by atoms with Crippen molar-refractivity contribution in [2.45, 2.75) is 11.6 Å². The van der Waals surface area contributed by atoms with E-state index in [4.69, 9.17) is 11.6 Å². The average molecular weight is 379 g/mol. The van der Waals surface area contributed by atoms with Crippen molar-refractivity contribution in [3.63, 3.8) is 0 Å². The van der Waals surface area contributed by atoms with Crippen LogP contribution in [0.2, 0.25) is 5.02 Å². The predicted molar refractivity (Wildman–Crippen MR) is 99.7 cm³/mol. The Bertz CT molecular complexity index is 846. The van der Waals surface area contributed by atoms with Crippen molar-refractivity contribution in [3.8, 4) is 11.3 Å². The Morgan fingerprint density at radius 2 is 2.25 bits per heavy atom. The van der Waals surface area contributed by atoms with Gasteiger partial charge in [0.15, 0.2) is 10.3 Å². The van der Waals surface area contributed by atoms with Crippen LogP contribution in [0.15, 0.2) is 47.2 Å². The van der Waals surface area contributed by atoms with Gasteiger partial charge in [-0.3, -0.25) is 4.79 Å². The summed E-state index contributed by atoms with van der Waals surface area (Å²) in [4.78, 5) is 20.7. The first-order valence-corrected chi connectivity index (χ1v) is 9.48. The lowest BCUT2D eigenvalue weighted by atomic mass is 10.2. The molecule has 3 rings (SSSR count). The van der Waals surface area contributed by atoms with Crippen molar-refractivity contribution in [2.24, 2.45) is 7.05 Å². The van der Waals surface area contributed by atoms with Gasteiger partial charge in [0.05, 0.1) is 5.69 Å². The molecule has 0 aliphatic rings. The van der Waals surface area contributed by atoms with Crippen LogP contribution in [-0.4, -0.2) is 26.2 Å². The van der Waals surface area contributed by atoms with Crippen molar-refractivity contribution in [1.82, 2.24) is 14.5 Å². The van der Waals surface area contributed by atoms with Crippen molar-refractivity contribution >= 4 is 45.7 Å². The van der Waals surface area contributed by atoms with E-state index in [1.807, 2.05) is 47.5 Å². The number of amides is 1. The molecule has 2 aromatic heterocycles. The number of nitrogens with zero attached hydrogens (tertiary/aromatic N) is 3. The number of hydrogen-bond donors (Lipinski definition) is 1. The highest BCUT2D eigenvalue weighted by Crippen LogP contribution is 2.30. The number of benzene rings is 1. The third-order valence-corrected chi connectivity index (χ3v) is 5.38. The molecule has 1 aromatic carbocycles. The molecule has 0 radical (unpaired) electrons. The van der Waals surface area contributed by atoms with E-state index in [1.165, 1.54) is 11.3 Å². The SMILES string of the molecule is Cn1ccnc1SCCC(=O)Nc1nc(-c2ccccc2Cl)cs1. The van der Waals surface area contributed by atoms with Gasteiger partial charge in [-0.25, -0.2) is 9.97 Å². The van der Waals surface area contributed by atoms with Gasteiger partial charge < -0.3 is 9.88 Å². The van der Waals surface area contributed by atoms with E-state index in [2.05, 4.69) is 15.3 Å². The summed E-state index contributed by atoms with van der Waals surface area (Å²) in [5.74, 6) is 0.608. The van der Waals surface area contributed by atoms with Crippen molar-refractivity contribution in [1.29, 1.82) is 0 Å². The molecule has 0 saturated carbocycles. The van der Waals surface area contributed by atoms with Gasteiger partial charge in [-0.2, -0.15) is 0 Å². The second kappa shape index (κ2) is 7.83. The van der Waals surface area contributed by atoms with E-state index >= 15 is 0 Å². The molecule has 0 fully saturated rings. The molecule has 0 spiro atoms. The average Bonchev–Trinajstić information content (AvgIpc) is 3.17. The molecule has 0 bridgehead atoms. The molecule has 0 aliphatic carbocycles. The summed E-state index contributed by atoms with van der Waals surface area (Å²) in [6, 6.07) is 7.52. The molecule has 1 N–H and O–H groups in total. The molecule has 0 atom stereocenters. The monoisotopic (exact) mass is 378 g/mol. The number of carbonyl (C=O) groups excluding carboxylic acids is 1. The topological polar surface area (TPSA) is 59.8 Å². The van der Waals surface area contributed by atoms with Crippen LogP contribution in [0.3, 0.4) is 0 Å². The molecule has 1 amide bonds. The molecule has 124 valence electrons. The Morgan fingerprint density at radius 1 is 1.42 bits per heavy atom. The number of imidazole rings is 1. The molecule has 0 unspecified atom stereocenters. The summed E-state index contributed by atoms with van der Waals surface area (Å²) in [6.45, 7) is 0. The predicted octanol–water partition coefficient (Wildman–Crippen LogP) is 4.32. The molecule has 3 aromatic rings. The van der Waals surface area contributed by atoms with Gasteiger partial charge in [-0.1, -0.05) is 41.6 Å². The number of aromatic nitrogens is 3. The molecule has 24 heavy (non-hydrogen) atoms. The maximum absolute atomic E-state index is 12.0. The molecule has 8 heteroatoms. The van der Waals surface area contributed by atoms with Gasteiger partial charge in [0.25, 0.3) is 0 Å². The van der Waals surface area contributed by atoms with Crippen LogP contribution in [0, 0.1) is 0 Å². The number of rotatable bonds is 6. The van der Waals surface area contributed by atoms with Crippen LogP contribution in [0.5, 0.6) is 0 Å². The van der Waals surface area contributed by atoms with Crippen molar-refractivity contribution < 1.29 is 4.79 Å². The Kier molecular flexibility index (Phi) is 5.55. The zero-order valence-electron chi connectivity index (χ0n) is 12.9. The Morgan fingerprint density at radius 3 is 3.00 bits per heavy atom. The Hall–Kier alpha value is -1.83. The highest BCUT2D eigenvalue weighted by atomic mass is 35.5. The van der Waals surface area contributed by atoms with E-state index in [0.717, 1.165) is 16.4 Å². The van der Waals surface area contributed by atoms with E-state index in [0.29, 0.717) is 22.3 Å². The fourth-order valence-corrected chi connectivity index (χ4v) is 3.86. The van der Waals surface area contributed by atoms with Crippen LogP contribution in [0.4, 0.5) is 5.13 Å². The number of carbonyl (C=O) groups is 1. The molecule has 5 nitrogen and oxygen atoms in total. The number of nitrogens with one attached hydrogen (secondary N) is 1. The molecule has 0 aliphatic heterocycles. The summed E-state index contributed by atoms with van der Waals surface area (Å²) in [5.41, 5.74) is 1.63. The smallest absolute Gasteiger partial charge is 0.226 e. The number of thiazole rings is 1. The maximum atomic E-state index is 12.0. The third-order valence-electron chi connectivity index (χ3n) is 3.24. The summed E-state index contributed by atoms with van der Waals surface area (Å²) in [5, 5.41) is 6.85. The molecule has 2 heterocycles. The van der Waals surface area contributed by atoms with Crippen LogP contribution in [0.1, 0.15) is 6.42 Å². The van der Waals surface area contributed by atoms with Gasteiger partial charge in [-0.05, 0) is 6.07 Å². The molecular weight excluding hydrogens is 364 g/mol. The number of aryl methyl sites for hydroxylation is 1. The quantitative estimate of drug-likeness (QED) is 0.649. The van der Waals surface area contributed by atoms with Gasteiger partial charge >= 0.3 is 0 Å². The summed E-state index contributed by atoms with van der Waals surface area (Å²) in [7, 11) is 1.93. The fraction of sp³-hybridized carbons (Fsp3) is 0.188. The number of thioether (sulfide) groups is 1. The first kappa shape index (κ1) is 17.0. The number of halogens is 1. The Balaban J connectivity index is 1.54. The van der Waals surface area contributed by atoms with Crippen molar-refractivity contribution in [2.75, 3.05) is 11.1 Å². The molecular formula is C16H15ClN4OS2. The van der Waals surface area contributed by atoms with Gasteiger partial charge in [0.2, 0.25) is 5.91 Å². The third kappa shape index (κ3) is 4.17. The first-order valence-electron chi connectivity index (χ1n) is 7.24. The minimum absolute atomic E-state index is 0.0585.